The fourth-order valence-corrected chi connectivity index (χ4v) is 2.15. The lowest BCUT2D eigenvalue weighted by atomic mass is 10.1. The van der Waals surface area contributed by atoms with E-state index in [4.69, 9.17) is 5.73 Å². The van der Waals surface area contributed by atoms with Crippen LogP contribution in [0.25, 0.3) is 5.69 Å². The van der Waals surface area contributed by atoms with Crippen molar-refractivity contribution in [2.24, 2.45) is 5.73 Å². The maximum Gasteiger partial charge on any atom is 0.123 e. The first-order valence-electron chi connectivity index (χ1n) is 6.19. The second-order valence-electron chi connectivity index (χ2n) is 4.41. The van der Waals surface area contributed by atoms with Crippen LogP contribution in [-0.4, -0.2) is 9.78 Å². The highest BCUT2D eigenvalue weighted by Gasteiger charge is 2.12. The Labute approximate surface area is 106 Å². The number of hydrogen-bond donors (Lipinski definition) is 1. The number of nitrogens with zero attached hydrogens (tertiary/aromatic N) is 2. The van der Waals surface area contributed by atoms with Crippen LogP contribution in [0.3, 0.4) is 0 Å². The van der Waals surface area contributed by atoms with Crippen molar-refractivity contribution in [3.8, 4) is 5.69 Å². The first-order valence-corrected chi connectivity index (χ1v) is 6.19. The van der Waals surface area contributed by atoms with E-state index >= 15 is 0 Å². The normalized spacial score (nSPS) is 10.9. The average Bonchev–Trinajstić information content (AvgIpc) is 2.73. The van der Waals surface area contributed by atoms with Crippen molar-refractivity contribution in [1.82, 2.24) is 9.78 Å². The second kappa shape index (κ2) is 5.31. The number of aryl methyl sites for hydroxylation is 1. The molecule has 0 bridgehead atoms. The molecule has 3 nitrogen and oxygen atoms in total. The first-order chi connectivity index (χ1) is 8.67. The lowest BCUT2D eigenvalue weighted by Gasteiger charge is -2.11. The molecule has 2 aromatic rings. The number of halogens is 1. The Balaban J connectivity index is 2.52. The van der Waals surface area contributed by atoms with Gasteiger partial charge in [0.25, 0.3) is 0 Å². The zero-order valence-electron chi connectivity index (χ0n) is 10.8. The molecule has 1 heterocycles. The molecule has 0 atom stereocenters. The fraction of sp³-hybridized carbons (Fsp3) is 0.357. The minimum absolute atomic E-state index is 0.223. The average molecular weight is 247 g/mol. The van der Waals surface area contributed by atoms with Gasteiger partial charge < -0.3 is 5.73 Å². The highest BCUT2D eigenvalue weighted by Crippen LogP contribution is 2.20. The van der Waals surface area contributed by atoms with E-state index in [1.165, 1.54) is 12.1 Å². The summed E-state index contributed by atoms with van der Waals surface area (Å²) in [5.74, 6) is -0.223. The Hall–Kier alpha value is -1.68. The Morgan fingerprint density at radius 2 is 2.17 bits per heavy atom. The van der Waals surface area contributed by atoms with E-state index in [0.717, 1.165) is 35.3 Å². The fourth-order valence-electron chi connectivity index (χ4n) is 2.15. The lowest BCUT2D eigenvalue weighted by molar-refractivity contribution is 0.625. The number of rotatable bonds is 4. The van der Waals surface area contributed by atoms with Gasteiger partial charge in [-0.1, -0.05) is 13.3 Å². The van der Waals surface area contributed by atoms with Gasteiger partial charge in [0.15, 0.2) is 0 Å². The molecular formula is C14H18FN3. The van der Waals surface area contributed by atoms with Crippen molar-refractivity contribution < 1.29 is 4.39 Å². The van der Waals surface area contributed by atoms with E-state index in [1.54, 1.807) is 12.3 Å². The number of benzene rings is 1. The molecule has 0 aliphatic heterocycles. The SMILES string of the molecule is CCCc1c(CN)cnn1-c1ccc(F)cc1C. The highest BCUT2D eigenvalue weighted by atomic mass is 19.1. The van der Waals surface area contributed by atoms with Gasteiger partial charge in [0.05, 0.1) is 11.9 Å². The summed E-state index contributed by atoms with van der Waals surface area (Å²) < 4.78 is 15.0. The van der Waals surface area contributed by atoms with Gasteiger partial charge in [-0.3, -0.25) is 0 Å². The van der Waals surface area contributed by atoms with Crippen molar-refractivity contribution in [2.75, 3.05) is 0 Å². The van der Waals surface area contributed by atoms with Crippen molar-refractivity contribution in [1.29, 1.82) is 0 Å². The van der Waals surface area contributed by atoms with Crippen LogP contribution < -0.4 is 5.73 Å². The van der Waals surface area contributed by atoms with E-state index in [9.17, 15) is 4.39 Å². The van der Waals surface area contributed by atoms with E-state index in [-0.39, 0.29) is 5.82 Å². The number of aromatic nitrogens is 2. The van der Waals surface area contributed by atoms with Gasteiger partial charge in [-0.05, 0) is 37.1 Å². The summed E-state index contributed by atoms with van der Waals surface area (Å²) in [6.07, 6.45) is 3.75. The van der Waals surface area contributed by atoms with Gasteiger partial charge in [0.2, 0.25) is 0 Å². The summed E-state index contributed by atoms with van der Waals surface area (Å²) in [6, 6.07) is 4.74. The lowest BCUT2D eigenvalue weighted by Crippen LogP contribution is -2.07. The van der Waals surface area contributed by atoms with Crippen LogP contribution >= 0.6 is 0 Å². The molecule has 0 aliphatic carbocycles. The summed E-state index contributed by atoms with van der Waals surface area (Å²) in [5, 5.41) is 4.38. The van der Waals surface area contributed by atoms with E-state index in [2.05, 4.69) is 12.0 Å². The van der Waals surface area contributed by atoms with Gasteiger partial charge in [0.1, 0.15) is 5.82 Å². The van der Waals surface area contributed by atoms with Crippen LogP contribution in [-0.2, 0) is 13.0 Å². The summed E-state index contributed by atoms with van der Waals surface area (Å²) in [4.78, 5) is 0. The van der Waals surface area contributed by atoms with Gasteiger partial charge in [-0.2, -0.15) is 5.10 Å². The van der Waals surface area contributed by atoms with Crippen LogP contribution in [0.4, 0.5) is 4.39 Å². The molecule has 0 fully saturated rings. The predicted octanol–water partition coefficient (Wildman–Crippen LogP) is 2.73. The van der Waals surface area contributed by atoms with Crippen molar-refractivity contribution in [3.05, 3.63) is 47.0 Å². The smallest absolute Gasteiger partial charge is 0.123 e. The maximum absolute atomic E-state index is 13.1. The molecule has 1 aromatic heterocycles. The number of nitrogens with two attached hydrogens (primary N) is 1. The quantitative estimate of drug-likeness (QED) is 0.902. The molecule has 0 spiro atoms. The van der Waals surface area contributed by atoms with E-state index < -0.39 is 0 Å². The van der Waals surface area contributed by atoms with E-state index in [1.807, 2.05) is 11.6 Å². The Morgan fingerprint density at radius 1 is 1.39 bits per heavy atom. The third-order valence-corrected chi connectivity index (χ3v) is 3.05. The molecule has 2 rings (SSSR count). The standard InChI is InChI=1S/C14H18FN3/c1-3-4-14-11(8-16)9-17-18(14)13-6-5-12(15)7-10(13)2/h5-7,9H,3-4,8,16H2,1-2H3. The number of hydrogen-bond acceptors (Lipinski definition) is 2. The second-order valence-corrected chi connectivity index (χ2v) is 4.41. The van der Waals surface area contributed by atoms with Crippen LogP contribution in [0, 0.1) is 12.7 Å². The third-order valence-electron chi connectivity index (χ3n) is 3.05. The molecule has 96 valence electrons. The topological polar surface area (TPSA) is 43.8 Å². The van der Waals surface area contributed by atoms with Crippen molar-refractivity contribution >= 4 is 0 Å². The van der Waals surface area contributed by atoms with Gasteiger partial charge in [0, 0.05) is 17.8 Å². The van der Waals surface area contributed by atoms with Crippen LogP contribution in [0.5, 0.6) is 0 Å². The first kappa shape index (κ1) is 12.8. The minimum atomic E-state index is -0.223. The molecule has 1 aromatic carbocycles. The largest absolute Gasteiger partial charge is 0.326 e. The predicted molar refractivity (Wildman–Crippen MR) is 70.1 cm³/mol. The summed E-state index contributed by atoms with van der Waals surface area (Å²) in [7, 11) is 0. The Kier molecular flexibility index (Phi) is 3.77. The summed E-state index contributed by atoms with van der Waals surface area (Å²) in [6.45, 7) is 4.49. The highest BCUT2D eigenvalue weighted by molar-refractivity contribution is 5.42. The minimum Gasteiger partial charge on any atom is -0.326 e. The molecule has 0 radical (unpaired) electrons. The Bertz CT molecular complexity index is 546. The van der Waals surface area contributed by atoms with Gasteiger partial charge >= 0.3 is 0 Å². The molecule has 0 aliphatic rings. The summed E-state index contributed by atoms with van der Waals surface area (Å²) >= 11 is 0. The molecule has 0 saturated carbocycles. The molecule has 0 amide bonds. The molecule has 4 heteroatoms. The molecule has 18 heavy (non-hydrogen) atoms. The Morgan fingerprint density at radius 3 is 2.78 bits per heavy atom. The molecule has 0 unspecified atom stereocenters. The van der Waals surface area contributed by atoms with Crippen LogP contribution in [0.1, 0.15) is 30.2 Å². The van der Waals surface area contributed by atoms with Gasteiger partial charge in [-0.25, -0.2) is 9.07 Å². The van der Waals surface area contributed by atoms with Crippen molar-refractivity contribution in [2.45, 2.75) is 33.2 Å². The third kappa shape index (κ3) is 2.29. The molecular weight excluding hydrogens is 229 g/mol. The molecule has 0 saturated heterocycles. The zero-order chi connectivity index (χ0) is 13.1. The summed E-state index contributed by atoms with van der Waals surface area (Å²) in [5.41, 5.74) is 9.69. The molecule has 2 N–H and O–H groups in total. The maximum atomic E-state index is 13.1. The van der Waals surface area contributed by atoms with Crippen LogP contribution in [0.2, 0.25) is 0 Å². The van der Waals surface area contributed by atoms with E-state index in [0.29, 0.717) is 6.54 Å². The monoisotopic (exact) mass is 247 g/mol. The van der Waals surface area contributed by atoms with Gasteiger partial charge in [-0.15, -0.1) is 0 Å². The zero-order valence-corrected chi connectivity index (χ0v) is 10.8. The van der Waals surface area contributed by atoms with Crippen molar-refractivity contribution in [3.63, 3.8) is 0 Å². The van der Waals surface area contributed by atoms with Crippen LogP contribution in [0.15, 0.2) is 24.4 Å².